The molecule has 3 aromatic rings. The standard InChI is InChI=1S/C25H28F2N2O6S2/c1-35-21-7-5-6-17(12-21)15-28-16-23(30)22(13-18-10-19(26)14-20(27)11-18)29-37(33,34)25-9-4-3-8-24(25)36(2,31)32/h3-12,14,22-23,28-30H,13,15-16H2,1-2H3. The quantitative estimate of drug-likeness (QED) is 0.314. The van der Waals surface area contributed by atoms with Crippen molar-refractivity contribution in [1.29, 1.82) is 0 Å². The minimum Gasteiger partial charge on any atom is -0.497 e. The molecule has 37 heavy (non-hydrogen) atoms. The van der Waals surface area contributed by atoms with E-state index in [1.54, 1.807) is 18.2 Å². The molecule has 200 valence electrons. The fourth-order valence-electron chi connectivity index (χ4n) is 3.77. The molecule has 0 spiro atoms. The van der Waals surface area contributed by atoms with Crippen molar-refractivity contribution in [2.75, 3.05) is 19.9 Å². The molecule has 0 aliphatic carbocycles. The van der Waals surface area contributed by atoms with E-state index in [0.717, 1.165) is 36.1 Å². The van der Waals surface area contributed by atoms with E-state index < -0.39 is 53.4 Å². The lowest BCUT2D eigenvalue weighted by atomic mass is 10.0. The van der Waals surface area contributed by atoms with Crippen LogP contribution in [0.1, 0.15) is 11.1 Å². The molecule has 0 aromatic heterocycles. The zero-order valence-corrected chi connectivity index (χ0v) is 21.8. The minimum absolute atomic E-state index is 0.0874. The Labute approximate surface area is 215 Å². The van der Waals surface area contributed by atoms with Crippen molar-refractivity contribution in [1.82, 2.24) is 10.0 Å². The van der Waals surface area contributed by atoms with E-state index in [1.165, 1.54) is 19.2 Å². The van der Waals surface area contributed by atoms with Gasteiger partial charge in [-0.25, -0.2) is 30.3 Å². The second-order valence-electron chi connectivity index (χ2n) is 8.48. The number of aliphatic hydroxyl groups is 1. The van der Waals surface area contributed by atoms with Crippen LogP contribution in [0.5, 0.6) is 5.75 Å². The van der Waals surface area contributed by atoms with Gasteiger partial charge in [0, 0.05) is 25.4 Å². The highest BCUT2D eigenvalue weighted by Gasteiger charge is 2.30. The second kappa shape index (κ2) is 12.1. The number of sulfone groups is 1. The van der Waals surface area contributed by atoms with Crippen LogP contribution in [0.25, 0.3) is 0 Å². The molecule has 0 aliphatic heterocycles. The molecule has 0 aliphatic rings. The lowest BCUT2D eigenvalue weighted by molar-refractivity contribution is 0.134. The number of benzene rings is 3. The first-order valence-corrected chi connectivity index (χ1v) is 14.5. The topological polar surface area (TPSA) is 122 Å². The predicted molar refractivity (Wildman–Crippen MR) is 134 cm³/mol. The number of halogens is 2. The van der Waals surface area contributed by atoms with Crippen LogP contribution in [0.15, 0.2) is 76.5 Å². The average molecular weight is 555 g/mol. The number of sulfonamides is 1. The van der Waals surface area contributed by atoms with Crippen molar-refractivity contribution in [2.45, 2.75) is 34.9 Å². The Hall–Kier alpha value is -2.90. The molecule has 0 amide bonds. The van der Waals surface area contributed by atoms with Crippen LogP contribution in [0.2, 0.25) is 0 Å². The minimum atomic E-state index is -4.47. The van der Waals surface area contributed by atoms with Crippen LogP contribution in [-0.2, 0) is 32.8 Å². The Kier molecular flexibility index (Phi) is 9.37. The van der Waals surface area contributed by atoms with Gasteiger partial charge in [0.05, 0.1) is 24.2 Å². The number of aliphatic hydroxyl groups excluding tert-OH is 1. The Morgan fingerprint density at radius 2 is 1.54 bits per heavy atom. The van der Waals surface area contributed by atoms with E-state index in [1.807, 2.05) is 6.07 Å². The smallest absolute Gasteiger partial charge is 0.242 e. The van der Waals surface area contributed by atoms with Crippen LogP contribution in [0, 0.1) is 11.6 Å². The van der Waals surface area contributed by atoms with Gasteiger partial charge < -0.3 is 15.2 Å². The molecule has 0 fully saturated rings. The van der Waals surface area contributed by atoms with Crippen molar-refractivity contribution in [2.24, 2.45) is 0 Å². The number of nitrogens with one attached hydrogen (secondary N) is 2. The number of ether oxygens (including phenoxy) is 1. The molecule has 0 radical (unpaired) electrons. The monoisotopic (exact) mass is 554 g/mol. The van der Waals surface area contributed by atoms with Crippen molar-refractivity contribution in [3.63, 3.8) is 0 Å². The summed E-state index contributed by atoms with van der Waals surface area (Å²) < 4.78 is 85.9. The summed E-state index contributed by atoms with van der Waals surface area (Å²) in [5.41, 5.74) is 0.950. The van der Waals surface area contributed by atoms with Crippen molar-refractivity contribution in [3.05, 3.63) is 89.5 Å². The lowest BCUT2D eigenvalue weighted by Crippen LogP contribution is -2.48. The predicted octanol–water partition coefficient (Wildman–Crippen LogP) is 2.42. The van der Waals surface area contributed by atoms with Gasteiger partial charge in [-0.3, -0.25) is 0 Å². The van der Waals surface area contributed by atoms with Gasteiger partial charge in [-0.05, 0) is 53.9 Å². The van der Waals surface area contributed by atoms with E-state index in [4.69, 9.17) is 4.74 Å². The second-order valence-corrected chi connectivity index (χ2v) is 12.1. The van der Waals surface area contributed by atoms with Gasteiger partial charge in [0.2, 0.25) is 10.0 Å². The number of hydrogen-bond acceptors (Lipinski definition) is 7. The van der Waals surface area contributed by atoms with Gasteiger partial charge in [0.25, 0.3) is 0 Å². The summed E-state index contributed by atoms with van der Waals surface area (Å²) >= 11 is 0. The highest BCUT2D eigenvalue weighted by atomic mass is 32.2. The molecular weight excluding hydrogens is 526 g/mol. The van der Waals surface area contributed by atoms with E-state index in [-0.39, 0.29) is 18.5 Å². The summed E-state index contributed by atoms with van der Waals surface area (Å²) in [6, 6.07) is 13.7. The van der Waals surface area contributed by atoms with Crippen LogP contribution in [0.3, 0.4) is 0 Å². The zero-order valence-electron chi connectivity index (χ0n) is 20.2. The molecule has 0 heterocycles. The summed E-state index contributed by atoms with van der Waals surface area (Å²) in [6.45, 7) is 0.231. The maximum absolute atomic E-state index is 13.8. The molecule has 0 saturated carbocycles. The highest BCUT2D eigenvalue weighted by Crippen LogP contribution is 2.22. The van der Waals surface area contributed by atoms with Crippen molar-refractivity contribution in [3.8, 4) is 5.75 Å². The normalized spacial score (nSPS) is 13.8. The van der Waals surface area contributed by atoms with Gasteiger partial charge >= 0.3 is 0 Å². The highest BCUT2D eigenvalue weighted by molar-refractivity contribution is 7.93. The van der Waals surface area contributed by atoms with Crippen LogP contribution in [0.4, 0.5) is 8.78 Å². The van der Waals surface area contributed by atoms with Gasteiger partial charge in [-0.1, -0.05) is 24.3 Å². The largest absolute Gasteiger partial charge is 0.497 e. The van der Waals surface area contributed by atoms with Gasteiger partial charge in [-0.2, -0.15) is 0 Å². The summed E-state index contributed by atoms with van der Waals surface area (Å²) in [5, 5.41) is 13.9. The van der Waals surface area contributed by atoms with E-state index in [2.05, 4.69) is 10.0 Å². The molecule has 0 saturated heterocycles. The summed E-state index contributed by atoms with van der Waals surface area (Å²) in [7, 11) is -6.83. The molecular formula is C25H28F2N2O6S2. The SMILES string of the molecule is COc1cccc(CNCC(O)C(Cc2cc(F)cc(F)c2)NS(=O)(=O)c2ccccc2S(C)(=O)=O)c1. The average Bonchev–Trinajstić information content (AvgIpc) is 2.82. The molecule has 3 N–H and O–H groups in total. The number of rotatable bonds is 12. The number of methoxy groups -OCH3 is 1. The maximum atomic E-state index is 13.8. The molecule has 8 nitrogen and oxygen atoms in total. The summed E-state index contributed by atoms with van der Waals surface area (Å²) in [6.07, 6.45) is -0.736. The third-order valence-corrected chi connectivity index (χ3v) is 8.34. The van der Waals surface area contributed by atoms with E-state index in [9.17, 15) is 30.7 Å². The summed E-state index contributed by atoms with van der Waals surface area (Å²) in [5.74, 6) is -1.07. The molecule has 2 atom stereocenters. The first-order chi connectivity index (χ1) is 17.4. The third kappa shape index (κ3) is 8.04. The summed E-state index contributed by atoms with van der Waals surface area (Å²) in [4.78, 5) is -0.909. The van der Waals surface area contributed by atoms with Gasteiger partial charge in [0.1, 0.15) is 22.3 Å². The van der Waals surface area contributed by atoms with Gasteiger partial charge in [0.15, 0.2) is 9.84 Å². The Bertz CT molecular complexity index is 1430. The van der Waals surface area contributed by atoms with Crippen LogP contribution in [-0.4, -0.2) is 54.0 Å². The zero-order chi connectivity index (χ0) is 27.2. The van der Waals surface area contributed by atoms with Crippen LogP contribution < -0.4 is 14.8 Å². The number of hydrogen-bond donors (Lipinski definition) is 3. The molecule has 0 bridgehead atoms. The third-order valence-electron chi connectivity index (χ3n) is 5.50. The molecule has 3 aromatic carbocycles. The van der Waals surface area contributed by atoms with Crippen LogP contribution >= 0.6 is 0 Å². The first-order valence-electron chi connectivity index (χ1n) is 11.2. The lowest BCUT2D eigenvalue weighted by Gasteiger charge is -2.25. The molecule has 3 rings (SSSR count). The molecule has 12 heteroatoms. The van der Waals surface area contributed by atoms with Crippen molar-refractivity contribution >= 4 is 19.9 Å². The Morgan fingerprint density at radius 3 is 2.16 bits per heavy atom. The van der Waals surface area contributed by atoms with Gasteiger partial charge in [-0.15, -0.1) is 0 Å². The molecule has 2 unspecified atom stereocenters. The fourth-order valence-corrected chi connectivity index (χ4v) is 6.67. The Balaban J connectivity index is 1.86. The van der Waals surface area contributed by atoms with Crippen molar-refractivity contribution < 1.29 is 35.5 Å². The van der Waals surface area contributed by atoms with E-state index in [0.29, 0.717) is 18.4 Å². The van der Waals surface area contributed by atoms with E-state index >= 15 is 0 Å². The fraction of sp³-hybridized carbons (Fsp3) is 0.280. The maximum Gasteiger partial charge on any atom is 0.242 e. The first kappa shape index (κ1) is 28.7. The Morgan fingerprint density at radius 1 is 0.892 bits per heavy atom.